The van der Waals surface area contributed by atoms with Crippen molar-refractivity contribution in [1.29, 1.82) is 0 Å². The Kier molecular flexibility index (Phi) is 3.38. The summed E-state index contributed by atoms with van der Waals surface area (Å²) in [6.07, 6.45) is 6.07. The number of rotatable bonds is 3. The minimum absolute atomic E-state index is 0.106. The van der Waals surface area contributed by atoms with Gasteiger partial charge in [0.25, 0.3) is 5.91 Å². The first-order valence-electron chi connectivity index (χ1n) is 7.59. The highest BCUT2D eigenvalue weighted by Crippen LogP contribution is 2.19. The zero-order chi connectivity index (χ0) is 15.6. The molecule has 0 spiro atoms. The lowest BCUT2D eigenvalue weighted by molar-refractivity contribution is 0.0928. The largest absolute Gasteiger partial charge is 0.348 e. The molecular formula is C16H16N6O. The third-order valence-electron chi connectivity index (χ3n) is 4.10. The van der Waals surface area contributed by atoms with Crippen LogP contribution in [0.5, 0.6) is 0 Å². The number of H-pyrrole nitrogens is 1. The topological polar surface area (TPSA) is 88.5 Å². The van der Waals surface area contributed by atoms with Gasteiger partial charge in [-0.05, 0) is 37.0 Å². The summed E-state index contributed by atoms with van der Waals surface area (Å²) in [5, 5.41) is 18.1. The van der Waals surface area contributed by atoms with Crippen LogP contribution < -0.4 is 5.32 Å². The Hall–Kier alpha value is -2.96. The number of nitrogens with zero attached hydrogens (tertiary/aromatic N) is 4. The predicted molar refractivity (Wildman–Crippen MR) is 83.2 cm³/mol. The van der Waals surface area contributed by atoms with Gasteiger partial charge in [-0.15, -0.1) is 5.10 Å². The fourth-order valence-electron chi connectivity index (χ4n) is 2.87. The van der Waals surface area contributed by atoms with Crippen molar-refractivity contribution in [3.63, 3.8) is 0 Å². The number of aromatic nitrogens is 5. The van der Waals surface area contributed by atoms with Crippen LogP contribution in [0.15, 0.2) is 42.7 Å². The van der Waals surface area contributed by atoms with Crippen LogP contribution in [0.25, 0.3) is 5.69 Å². The van der Waals surface area contributed by atoms with Gasteiger partial charge in [0, 0.05) is 11.7 Å². The van der Waals surface area contributed by atoms with E-state index in [0.29, 0.717) is 5.69 Å². The summed E-state index contributed by atoms with van der Waals surface area (Å²) in [6.45, 7) is 0. The number of hydrogen-bond acceptors (Lipinski definition) is 4. The molecule has 116 valence electrons. The van der Waals surface area contributed by atoms with Gasteiger partial charge in [-0.1, -0.05) is 23.4 Å². The molecule has 0 saturated heterocycles. The molecule has 1 aromatic carbocycles. The van der Waals surface area contributed by atoms with E-state index >= 15 is 0 Å². The lowest BCUT2D eigenvalue weighted by Gasteiger charge is -2.22. The summed E-state index contributed by atoms with van der Waals surface area (Å²) < 4.78 is 1.60. The molecule has 1 atom stereocenters. The Morgan fingerprint density at radius 1 is 1.30 bits per heavy atom. The van der Waals surface area contributed by atoms with Crippen molar-refractivity contribution in [2.24, 2.45) is 0 Å². The second-order valence-electron chi connectivity index (χ2n) is 5.67. The van der Waals surface area contributed by atoms with Gasteiger partial charge >= 0.3 is 0 Å². The van der Waals surface area contributed by atoms with E-state index in [2.05, 4.69) is 25.8 Å². The first kappa shape index (κ1) is 13.7. The SMILES string of the molecule is O=C(N[C@@H]1CCc2[nH]ncc2C1)c1cn(-c2ccccc2)nn1. The maximum atomic E-state index is 12.4. The van der Waals surface area contributed by atoms with Crippen molar-refractivity contribution < 1.29 is 4.79 Å². The van der Waals surface area contributed by atoms with Crippen LogP contribution in [-0.2, 0) is 12.8 Å². The molecule has 4 rings (SSSR count). The lowest BCUT2D eigenvalue weighted by atomic mass is 9.93. The van der Waals surface area contributed by atoms with Crippen molar-refractivity contribution in [3.05, 3.63) is 59.7 Å². The minimum atomic E-state index is -0.191. The molecule has 1 aliphatic rings. The number of para-hydroxylation sites is 1. The molecule has 3 aromatic rings. The number of hydrogen-bond donors (Lipinski definition) is 2. The standard InChI is InChI=1S/C16H16N6O/c23-16(18-12-6-7-14-11(8-12)9-17-19-14)15-10-22(21-20-15)13-4-2-1-3-5-13/h1-5,9-10,12H,6-8H2,(H,17,19)(H,18,23)/t12-/m1/s1. The molecule has 23 heavy (non-hydrogen) atoms. The molecule has 0 unspecified atom stereocenters. The van der Waals surface area contributed by atoms with Crippen molar-refractivity contribution in [2.45, 2.75) is 25.3 Å². The van der Waals surface area contributed by atoms with E-state index in [1.165, 1.54) is 11.3 Å². The van der Waals surface area contributed by atoms with E-state index in [1.54, 1.807) is 10.9 Å². The highest BCUT2D eigenvalue weighted by molar-refractivity contribution is 5.92. The summed E-state index contributed by atoms with van der Waals surface area (Å²) in [6, 6.07) is 9.70. The molecule has 1 amide bonds. The summed E-state index contributed by atoms with van der Waals surface area (Å²) in [5.41, 5.74) is 3.55. The van der Waals surface area contributed by atoms with Crippen LogP contribution in [0, 0.1) is 0 Å². The Bertz CT molecular complexity index is 822. The monoisotopic (exact) mass is 308 g/mol. The molecule has 2 N–H and O–H groups in total. The second kappa shape index (κ2) is 5.68. The lowest BCUT2D eigenvalue weighted by Crippen LogP contribution is -2.38. The van der Waals surface area contributed by atoms with Crippen molar-refractivity contribution >= 4 is 5.91 Å². The van der Waals surface area contributed by atoms with Crippen LogP contribution in [0.2, 0.25) is 0 Å². The number of aryl methyl sites for hydroxylation is 1. The summed E-state index contributed by atoms with van der Waals surface area (Å²) in [4.78, 5) is 12.4. The number of nitrogens with one attached hydrogen (secondary N) is 2. The fraction of sp³-hybridized carbons (Fsp3) is 0.250. The molecule has 0 aliphatic heterocycles. The zero-order valence-corrected chi connectivity index (χ0v) is 12.4. The first-order valence-corrected chi connectivity index (χ1v) is 7.59. The van der Waals surface area contributed by atoms with E-state index < -0.39 is 0 Å². The van der Waals surface area contributed by atoms with E-state index in [4.69, 9.17) is 0 Å². The number of amides is 1. The minimum Gasteiger partial charge on any atom is -0.348 e. The number of aromatic amines is 1. The van der Waals surface area contributed by atoms with Crippen LogP contribution >= 0.6 is 0 Å². The molecule has 1 aliphatic carbocycles. The van der Waals surface area contributed by atoms with Gasteiger partial charge in [0.2, 0.25) is 0 Å². The molecule has 0 bridgehead atoms. The van der Waals surface area contributed by atoms with Gasteiger partial charge in [-0.25, -0.2) is 4.68 Å². The maximum absolute atomic E-state index is 12.4. The summed E-state index contributed by atoms with van der Waals surface area (Å²) in [5.74, 6) is -0.191. The summed E-state index contributed by atoms with van der Waals surface area (Å²) >= 11 is 0. The Morgan fingerprint density at radius 2 is 2.17 bits per heavy atom. The third-order valence-corrected chi connectivity index (χ3v) is 4.10. The smallest absolute Gasteiger partial charge is 0.273 e. The molecule has 2 heterocycles. The number of benzene rings is 1. The third kappa shape index (κ3) is 2.73. The summed E-state index contributed by atoms with van der Waals surface area (Å²) in [7, 11) is 0. The van der Waals surface area contributed by atoms with E-state index in [9.17, 15) is 4.79 Å². The first-order chi connectivity index (χ1) is 11.3. The van der Waals surface area contributed by atoms with Gasteiger partial charge < -0.3 is 5.32 Å². The van der Waals surface area contributed by atoms with Gasteiger partial charge in [-0.3, -0.25) is 9.89 Å². The van der Waals surface area contributed by atoms with E-state index in [-0.39, 0.29) is 11.9 Å². The molecule has 7 nitrogen and oxygen atoms in total. The normalized spacial score (nSPS) is 16.8. The zero-order valence-electron chi connectivity index (χ0n) is 12.4. The van der Waals surface area contributed by atoms with Crippen molar-refractivity contribution in [1.82, 2.24) is 30.5 Å². The van der Waals surface area contributed by atoms with Gasteiger partial charge in [0.05, 0.1) is 18.1 Å². The molecule has 0 fully saturated rings. The molecular weight excluding hydrogens is 292 g/mol. The number of carbonyl (C=O) groups excluding carboxylic acids is 1. The quantitative estimate of drug-likeness (QED) is 0.763. The highest BCUT2D eigenvalue weighted by Gasteiger charge is 2.23. The Labute approximate surface area is 132 Å². The van der Waals surface area contributed by atoms with Crippen LogP contribution in [0.4, 0.5) is 0 Å². The number of carbonyl (C=O) groups is 1. The van der Waals surface area contributed by atoms with Crippen molar-refractivity contribution in [2.75, 3.05) is 0 Å². The fourth-order valence-corrected chi connectivity index (χ4v) is 2.87. The van der Waals surface area contributed by atoms with E-state index in [0.717, 1.165) is 24.9 Å². The van der Waals surface area contributed by atoms with Crippen LogP contribution in [0.3, 0.4) is 0 Å². The van der Waals surface area contributed by atoms with Crippen molar-refractivity contribution in [3.8, 4) is 5.69 Å². The van der Waals surface area contributed by atoms with Gasteiger partial charge in [-0.2, -0.15) is 5.10 Å². The Morgan fingerprint density at radius 3 is 3.04 bits per heavy atom. The van der Waals surface area contributed by atoms with E-state index in [1.807, 2.05) is 36.5 Å². The average Bonchev–Trinajstić information content (AvgIpc) is 3.24. The van der Waals surface area contributed by atoms with Crippen LogP contribution in [-0.4, -0.2) is 37.1 Å². The van der Waals surface area contributed by atoms with Crippen LogP contribution in [0.1, 0.15) is 28.2 Å². The second-order valence-corrected chi connectivity index (χ2v) is 5.67. The highest BCUT2D eigenvalue weighted by atomic mass is 16.2. The molecule has 0 radical (unpaired) electrons. The Balaban J connectivity index is 1.45. The molecule has 7 heteroatoms. The average molecular weight is 308 g/mol. The van der Waals surface area contributed by atoms with Gasteiger partial charge in [0.15, 0.2) is 5.69 Å². The molecule has 2 aromatic heterocycles. The molecule has 0 saturated carbocycles. The predicted octanol–water partition coefficient (Wildman–Crippen LogP) is 1.28. The maximum Gasteiger partial charge on any atom is 0.273 e. The number of fused-ring (bicyclic) bond motifs is 1. The van der Waals surface area contributed by atoms with Gasteiger partial charge in [0.1, 0.15) is 0 Å².